The molecule has 0 spiro atoms. The van der Waals surface area contributed by atoms with E-state index in [1.54, 1.807) is 51.3 Å². The zero-order valence-electron chi connectivity index (χ0n) is 21.4. The first kappa shape index (κ1) is 28.6. The number of hydrogen-bond donors (Lipinski definition) is 2. The van der Waals surface area contributed by atoms with Gasteiger partial charge in [-0.15, -0.1) is 13.2 Å². The molecule has 204 valence electrons. The molecule has 3 rings (SSSR count). The van der Waals surface area contributed by atoms with Crippen molar-refractivity contribution in [2.24, 2.45) is 5.92 Å². The Labute approximate surface area is 219 Å². The Hall–Kier alpha value is -3.94. The number of carbonyl (C=O) groups is 2. The molecule has 11 heteroatoms. The van der Waals surface area contributed by atoms with Crippen molar-refractivity contribution in [2.45, 2.75) is 64.1 Å². The van der Waals surface area contributed by atoms with Crippen molar-refractivity contribution < 1.29 is 37.0 Å². The summed E-state index contributed by atoms with van der Waals surface area (Å²) in [6.45, 7) is 3.17. The van der Waals surface area contributed by atoms with Crippen molar-refractivity contribution in [1.82, 2.24) is 10.6 Å². The minimum atomic E-state index is -4.93. The van der Waals surface area contributed by atoms with Gasteiger partial charge in [-0.25, -0.2) is 0 Å². The van der Waals surface area contributed by atoms with Crippen molar-refractivity contribution in [3.8, 4) is 23.3 Å². The number of hydrogen-bond acceptors (Lipinski definition) is 6. The lowest BCUT2D eigenvalue weighted by Gasteiger charge is -2.32. The van der Waals surface area contributed by atoms with E-state index in [0.717, 1.165) is 6.07 Å². The van der Waals surface area contributed by atoms with Crippen molar-refractivity contribution in [3.05, 3.63) is 53.6 Å². The lowest BCUT2D eigenvalue weighted by atomic mass is 9.85. The summed E-state index contributed by atoms with van der Waals surface area (Å²) in [7, 11) is 1.56. The van der Waals surface area contributed by atoms with Gasteiger partial charge in [-0.1, -0.05) is 6.07 Å². The Morgan fingerprint density at radius 1 is 1.00 bits per heavy atom. The second kappa shape index (κ2) is 12.1. The van der Waals surface area contributed by atoms with E-state index in [1.807, 2.05) is 0 Å². The second-order valence-corrected chi connectivity index (χ2v) is 9.51. The summed E-state index contributed by atoms with van der Waals surface area (Å²) < 4.78 is 53.3. The van der Waals surface area contributed by atoms with Crippen LogP contribution in [-0.2, 0) is 16.1 Å². The van der Waals surface area contributed by atoms with Crippen molar-refractivity contribution in [2.75, 3.05) is 7.11 Å². The van der Waals surface area contributed by atoms with Crippen LogP contribution in [-0.4, -0.2) is 36.9 Å². The molecular weight excluding hydrogens is 503 g/mol. The molecule has 0 radical (unpaired) electrons. The number of nitrogens with zero attached hydrogens (tertiary/aromatic N) is 1. The van der Waals surface area contributed by atoms with Crippen LogP contribution in [0.15, 0.2) is 42.5 Å². The normalized spacial score (nSPS) is 17.6. The average molecular weight is 534 g/mol. The molecule has 0 heterocycles. The molecule has 0 aliphatic heterocycles. The molecule has 1 fully saturated rings. The quantitative estimate of drug-likeness (QED) is 0.487. The fraction of sp³-hybridized carbons (Fsp3) is 0.444. The SMILES string of the molecule is COc1ccc(OC(C)(C)C(=O)N[C@H]2CC[C@@H](C(=O)NCc3ccc(C#N)cc3OC(F)(F)F)CC2)cc1. The molecule has 1 aliphatic carbocycles. The number of nitrogens with one attached hydrogen (secondary N) is 2. The van der Waals surface area contributed by atoms with Crippen molar-refractivity contribution in [3.63, 3.8) is 0 Å². The highest BCUT2D eigenvalue weighted by atomic mass is 19.4. The summed E-state index contributed by atoms with van der Waals surface area (Å²) in [6, 6.07) is 12.2. The maximum Gasteiger partial charge on any atom is 0.573 e. The van der Waals surface area contributed by atoms with Gasteiger partial charge in [0.1, 0.15) is 17.2 Å². The topological polar surface area (TPSA) is 110 Å². The first-order valence-corrected chi connectivity index (χ1v) is 12.1. The van der Waals surface area contributed by atoms with Gasteiger partial charge in [0.25, 0.3) is 5.91 Å². The maximum absolute atomic E-state index is 12.9. The number of ether oxygens (including phenoxy) is 3. The number of nitriles is 1. The zero-order valence-corrected chi connectivity index (χ0v) is 21.4. The predicted molar refractivity (Wildman–Crippen MR) is 131 cm³/mol. The van der Waals surface area contributed by atoms with Crippen LogP contribution < -0.4 is 24.8 Å². The smallest absolute Gasteiger partial charge is 0.497 e. The molecule has 38 heavy (non-hydrogen) atoms. The van der Waals surface area contributed by atoms with E-state index >= 15 is 0 Å². The van der Waals surface area contributed by atoms with Gasteiger partial charge < -0.3 is 24.8 Å². The van der Waals surface area contributed by atoms with Crippen LogP contribution in [0.25, 0.3) is 0 Å². The largest absolute Gasteiger partial charge is 0.573 e. The van der Waals surface area contributed by atoms with Gasteiger partial charge in [-0.2, -0.15) is 5.26 Å². The molecular formula is C27H30F3N3O5. The Balaban J connectivity index is 1.49. The highest BCUT2D eigenvalue weighted by Crippen LogP contribution is 2.29. The number of alkyl halides is 3. The van der Waals surface area contributed by atoms with Gasteiger partial charge in [0.2, 0.25) is 5.91 Å². The van der Waals surface area contributed by atoms with Gasteiger partial charge in [-0.05, 0) is 75.9 Å². The number of rotatable bonds is 9. The van der Waals surface area contributed by atoms with E-state index in [-0.39, 0.29) is 41.4 Å². The Morgan fingerprint density at radius 2 is 1.63 bits per heavy atom. The van der Waals surface area contributed by atoms with E-state index in [9.17, 15) is 22.8 Å². The fourth-order valence-electron chi connectivity index (χ4n) is 4.16. The van der Waals surface area contributed by atoms with Gasteiger partial charge in [0.15, 0.2) is 5.60 Å². The van der Waals surface area contributed by atoms with Gasteiger partial charge in [0, 0.05) is 24.1 Å². The third-order valence-electron chi connectivity index (χ3n) is 6.29. The minimum absolute atomic E-state index is 0.0114. The molecule has 0 unspecified atom stereocenters. The lowest BCUT2D eigenvalue weighted by molar-refractivity contribution is -0.274. The van der Waals surface area contributed by atoms with Crippen molar-refractivity contribution in [1.29, 1.82) is 5.26 Å². The molecule has 8 nitrogen and oxygen atoms in total. The van der Waals surface area contributed by atoms with E-state index in [1.165, 1.54) is 12.1 Å². The fourth-order valence-corrected chi connectivity index (χ4v) is 4.16. The third-order valence-corrected chi connectivity index (χ3v) is 6.29. The molecule has 1 aliphatic rings. The minimum Gasteiger partial charge on any atom is -0.497 e. The summed E-state index contributed by atoms with van der Waals surface area (Å²) >= 11 is 0. The Bertz CT molecular complexity index is 1170. The summed E-state index contributed by atoms with van der Waals surface area (Å²) in [5.74, 6) is -0.232. The molecule has 2 aromatic rings. The highest BCUT2D eigenvalue weighted by Gasteiger charge is 2.34. The molecule has 0 saturated heterocycles. The number of benzene rings is 2. The zero-order chi connectivity index (χ0) is 27.9. The number of carbonyl (C=O) groups excluding carboxylic acids is 2. The summed E-state index contributed by atoms with van der Waals surface area (Å²) in [5, 5.41) is 14.6. The molecule has 0 atom stereocenters. The summed E-state index contributed by atoms with van der Waals surface area (Å²) in [6.07, 6.45) is -2.76. The first-order chi connectivity index (χ1) is 17.9. The van der Waals surface area contributed by atoms with E-state index in [0.29, 0.717) is 37.2 Å². The van der Waals surface area contributed by atoms with Gasteiger partial charge in [0.05, 0.1) is 18.7 Å². The second-order valence-electron chi connectivity index (χ2n) is 9.51. The van der Waals surface area contributed by atoms with Crippen LogP contribution in [0.3, 0.4) is 0 Å². The van der Waals surface area contributed by atoms with Gasteiger partial charge >= 0.3 is 6.36 Å². The molecule has 0 aromatic heterocycles. The standard InChI is InChI=1S/C27H30F3N3O5/c1-26(2,37-22-12-10-21(36-3)11-13-22)25(35)33-20-8-6-18(7-9-20)24(34)32-16-19-5-4-17(15-31)14-23(19)38-27(28,29)30/h4-5,10-14,18,20H,6-9,16H2,1-3H3,(H,32,34)(H,33,35)/t18-,20+. The summed E-state index contributed by atoms with van der Waals surface area (Å²) in [4.78, 5) is 25.5. The number of amides is 2. The monoisotopic (exact) mass is 533 g/mol. The third kappa shape index (κ3) is 8.03. The van der Waals surface area contributed by atoms with Crippen LogP contribution >= 0.6 is 0 Å². The number of methoxy groups -OCH3 is 1. The molecule has 0 bridgehead atoms. The Kier molecular flexibility index (Phi) is 9.09. The average Bonchev–Trinajstić information content (AvgIpc) is 2.87. The van der Waals surface area contributed by atoms with Crippen LogP contribution in [0.2, 0.25) is 0 Å². The van der Waals surface area contributed by atoms with Crippen LogP contribution in [0.1, 0.15) is 50.7 Å². The van der Waals surface area contributed by atoms with E-state index in [2.05, 4.69) is 15.4 Å². The lowest BCUT2D eigenvalue weighted by Crippen LogP contribution is -2.51. The van der Waals surface area contributed by atoms with Crippen LogP contribution in [0.5, 0.6) is 17.2 Å². The van der Waals surface area contributed by atoms with Gasteiger partial charge in [-0.3, -0.25) is 9.59 Å². The van der Waals surface area contributed by atoms with E-state index in [4.69, 9.17) is 14.7 Å². The first-order valence-electron chi connectivity index (χ1n) is 12.1. The molecule has 1 saturated carbocycles. The van der Waals surface area contributed by atoms with Crippen LogP contribution in [0, 0.1) is 17.2 Å². The number of halogens is 3. The summed E-state index contributed by atoms with van der Waals surface area (Å²) in [5.41, 5.74) is -1.01. The highest BCUT2D eigenvalue weighted by molar-refractivity contribution is 5.85. The molecule has 2 N–H and O–H groups in total. The van der Waals surface area contributed by atoms with Crippen molar-refractivity contribution >= 4 is 11.8 Å². The Morgan fingerprint density at radius 3 is 2.21 bits per heavy atom. The molecule has 2 aromatic carbocycles. The van der Waals surface area contributed by atoms with E-state index < -0.39 is 17.7 Å². The van der Waals surface area contributed by atoms with Crippen LogP contribution in [0.4, 0.5) is 13.2 Å². The molecule has 2 amide bonds. The predicted octanol–water partition coefficient (Wildman–Crippen LogP) is 4.61. The maximum atomic E-state index is 12.9.